The van der Waals surface area contributed by atoms with Crippen LogP contribution in [0.1, 0.15) is 16.2 Å². The molecule has 0 unspecified atom stereocenters. The second-order valence-electron chi connectivity index (χ2n) is 7.36. The van der Waals surface area contributed by atoms with Crippen LogP contribution in [0.5, 0.6) is 11.5 Å². The summed E-state index contributed by atoms with van der Waals surface area (Å²) in [6.07, 6.45) is 1.68. The normalized spacial score (nSPS) is 11.0. The maximum Gasteiger partial charge on any atom is 0.252 e. The number of nitrogens with one attached hydrogen (secondary N) is 1. The first-order valence-electron chi connectivity index (χ1n) is 10.4. The van der Waals surface area contributed by atoms with Crippen LogP contribution >= 0.6 is 11.6 Å². The number of ether oxygens (including phenoxy) is 2. The second-order valence-corrected chi connectivity index (χ2v) is 7.77. The third kappa shape index (κ3) is 3.97. The van der Waals surface area contributed by atoms with E-state index in [0.717, 1.165) is 22.2 Å². The van der Waals surface area contributed by atoms with Crippen LogP contribution in [-0.4, -0.2) is 44.9 Å². The van der Waals surface area contributed by atoms with E-state index in [0.29, 0.717) is 33.5 Å². The highest BCUT2D eigenvalue weighted by Gasteiger charge is 2.14. The van der Waals surface area contributed by atoms with Crippen LogP contribution in [-0.2, 0) is 6.61 Å². The molecule has 0 aliphatic carbocycles. The molecule has 5 rings (SSSR count). The lowest BCUT2D eigenvalue weighted by atomic mass is 10.1. The molecule has 2 aromatic carbocycles. The van der Waals surface area contributed by atoms with Gasteiger partial charge in [-0.3, -0.25) is 9.78 Å². The van der Waals surface area contributed by atoms with Crippen LogP contribution in [0, 0.1) is 0 Å². The smallest absolute Gasteiger partial charge is 0.252 e. The van der Waals surface area contributed by atoms with Crippen molar-refractivity contribution in [2.45, 2.75) is 6.61 Å². The molecule has 1 amide bonds. The van der Waals surface area contributed by atoms with Gasteiger partial charge in [0, 0.05) is 30.3 Å². The van der Waals surface area contributed by atoms with E-state index in [1.807, 2.05) is 30.3 Å². The van der Waals surface area contributed by atoms with Gasteiger partial charge in [0.05, 0.1) is 28.9 Å². The molecule has 0 saturated heterocycles. The number of nitrogens with zero attached hydrogens (tertiary/aromatic N) is 5. The van der Waals surface area contributed by atoms with Crippen LogP contribution in [0.2, 0.25) is 5.02 Å². The van der Waals surface area contributed by atoms with Crippen molar-refractivity contribution in [3.63, 3.8) is 0 Å². The van der Waals surface area contributed by atoms with E-state index >= 15 is 0 Å². The van der Waals surface area contributed by atoms with Gasteiger partial charge >= 0.3 is 0 Å². The Balaban J connectivity index is 1.44. The van der Waals surface area contributed by atoms with Crippen molar-refractivity contribution < 1.29 is 14.3 Å². The Kier molecular flexibility index (Phi) is 5.69. The molecule has 0 radical (unpaired) electrons. The van der Waals surface area contributed by atoms with E-state index in [9.17, 15) is 4.79 Å². The Morgan fingerprint density at radius 3 is 2.76 bits per heavy atom. The number of amides is 1. The van der Waals surface area contributed by atoms with Crippen LogP contribution in [0.3, 0.4) is 0 Å². The molecule has 0 spiro atoms. The number of hydrogen-bond acceptors (Lipinski definition) is 7. The summed E-state index contributed by atoms with van der Waals surface area (Å²) in [6, 6.07) is 16.2. The van der Waals surface area contributed by atoms with Gasteiger partial charge in [0.2, 0.25) is 0 Å². The summed E-state index contributed by atoms with van der Waals surface area (Å²) < 4.78 is 13.0. The Hall–Kier alpha value is -4.24. The number of halogens is 1. The highest BCUT2D eigenvalue weighted by Crippen LogP contribution is 2.28. The molecule has 5 aromatic rings. The minimum atomic E-state index is -0.250. The average molecular weight is 475 g/mol. The number of pyridine rings is 1. The van der Waals surface area contributed by atoms with E-state index in [4.69, 9.17) is 21.1 Å². The lowest BCUT2D eigenvalue weighted by Crippen LogP contribution is -2.18. The predicted molar refractivity (Wildman–Crippen MR) is 127 cm³/mol. The fraction of sp³-hybridized carbons (Fsp3) is 0.125. The topological polar surface area (TPSA) is 104 Å². The van der Waals surface area contributed by atoms with Gasteiger partial charge in [0.25, 0.3) is 5.91 Å². The van der Waals surface area contributed by atoms with Gasteiger partial charge in [-0.15, -0.1) is 10.2 Å². The zero-order chi connectivity index (χ0) is 23.7. The molecule has 0 fully saturated rings. The van der Waals surface area contributed by atoms with E-state index in [1.165, 1.54) is 0 Å². The quantitative estimate of drug-likeness (QED) is 0.397. The summed E-state index contributed by atoms with van der Waals surface area (Å²) >= 11 is 6.31. The molecule has 0 saturated carbocycles. The number of rotatable bonds is 6. The zero-order valence-electron chi connectivity index (χ0n) is 18.3. The van der Waals surface area contributed by atoms with Gasteiger partial charge < -0.3 is 14.8 Å². The first-order valence-corrected chi connectivity index (χ1v) is 10.7. The summed E-state index contributed by atoms with van der Waals surface area (Å²) in [5.74, 6) is 1.67. The Bertz CT molecular complexity index is 1530. The van der Waals surface area contributed by atoms with Gasteiger partial charge in [0.1, 0.15) is 18.1 Å². The molecule has 3 heterocycles. The van der Waals surface area contributed by atoms with Crippen LogP contribution in [0.4, 0.5) is 0 Å². The molecule has 170 valence electrons. The summed E-state index contributed by atoms with van der Waals surface area (Å²) in [7, 11) is 3.17. The number of hydrogen-bond donors (Lipinski definition) is 1. The third-order valence-corrected chi connectivity index (χ3v) is 5.64. The lowest BCUT2D eigenvalue weighted by molar-refractivity contribution is 0.0963. The SMILES string of the molecule is CNC(=O)c1ccc(-c2ccc3nnc(COc4ccnc5cc(OC)ccc45)n3n2)cc1Cl. The summed E-state index contributed by atoms with van der Waals surface area (Å²) in [5, 5.41) is 16.8. The minimum absolute atomic E-state index is 0.152. The van der Waals surface area contributed by atoms with E-state index < -0.39 is 0 Å². The summed E-state index contributed by atoms with van der Waals surface area (Å²) in [5.41, 5.74) is 3.16. The van der Waals surface area contributed by atoms with Crippen LogP contribution in [0.25, 0.3) is 27.8 Å². The third-order valence-electron chi connectivity index (χ3n) is 5.33. The monoisotopic (exact) mass is 474 g/mol. The average Bonchev–Trinajstić information content (AvgIpc) is 3.28. The van der Waals surface area contributed by atoms with Gasteiger partial charge in [-0.2, -0.15) is 9.61 Å². The molecule has 1 N–H and O–H groups in total. The van der Waals surface area contributed by atoms with Crippen molar-refractivity contribution in [2.24, 2.45) is 0 Å². The first-order chi connectivity index (χ1) is 16.6. The Morgan fingerprint density at radius 1 is 1.09 bits per heavy atom. The molecule has 3 aromatic heterocycles. The van der Waals surface area contributed by atoms with Crippen molar-refractivity contribution >= 4 is 34.1 Å². The maximum absolute atomic E-state index is 11.9. The highest BCUT2D eigenvalue weighted by molar-refractivity contribution is 6.34. The van der Waals surface area contributed by atoms with Crippen LogP contribution < -0.4 is 14.8 Å². The molecule has 10 heteroatoms. The van der Waals surface area contributed by atoms with Crippen LogP contribution in [0.15, 0.2) is 60.8 Å². The van der Waals surface area contributed by atoms with Gasteiger partial charge in [0.15, 0.2) is 11.5 Å². The molecule has 9 nitrogen and oxygen atoms in total. The molecule has 0 aliphatic rings. The number of carbonyl (C=O) groups is 1. The Labute approximate surface area is 199 Å². The van der Waals surface area contributed by atoms with Gasteiger partial charge in [-0.25, -0.2) is 0 Å². The number of carbonyl (C=O) groups excluding carboxylic acids is 1. The first kappa shape index (κ1) is 21.6. The van der Waals surface area contributed by atoms with Gasteiger partial charge in [-0.1, -0.05) is 17.7 Å². The number of methoxy groups -OCH3 is 1. The standard InChI is InChI=1S/C24H19ClN6O3/c1-26-24(32)16-5-3-14(11-18(16)25)19-7-8-22-28-29-23(31(22)30-19)13-34-21-9-10-27-20-12-15(33-2)4-6-17(20)21/h3-12H,13H2,1-2H3,(H,26,32). The minimum Gasteiger partial charge on any atom is -0.497 e. The van der Waals surface area contributed by atoms with E-state index in [-0.39, 0.29) is 12.5 Å². The highest BCUT2D eigenvalue weighted by atomic mass is 35.5. The van der Waals surface area contributed by atoms with Crippen molar-refractivity contribution in [2.75, 3.05) is 14.2 Å². The fourth-order valence-corrected chi connectivity index (χ4v) is 3.83. The number of benzene rings is 2. The van der Waals surface area contributed by atoms with Gasteiger partial charge in [-0.05, 0) is 42.5 Å². The molecular weight excluding hydrogens is 456 g/mol. The summed E-state index contributed by atoms with van der Waals surface area (Å²) in [4.78, 5) is 16.3. The molecule has 0 atom stereocenters. The van der Waals surface area contributed by atoms with Crippen molar-refractivity contribution in [3.05, 3.63) is 77.2 Å². The largest absolute Gasteiger partial charge is 0.497 e. The summed E-state index contributed by atoms with van der Waals surface area (Å²) in [6.45, 7) is 0.152. The number of aromatic nitrogens is 5. The van der Waals surface area contributed by atoms with E-state index in [1.54, 1.807) is 49.1 Å². The number of fused-ring (bicyclic) bond motifs is 2. The lowest BCUT2D eigenvalue weighted by Gasteiger charge is -2.09. The van der Waals surface area contributed by atoms with Crippen molar-refractivity contribution in [1.82, 2.24) is 30.1 Å². The Morgan fingerprint density at radius 2 is 1.97 bits per heavy atom. The molecule has 0 aliphatic heterocycles. The van der Waals surface area contributed by atoms with E-state index in [2.05, 4.69) is 25.6 Å². The predicted octanol–water partition coefficient (Wildman–Crippen LogP) is 3.94. The zero-order valence-corrected chi connectivity index (χ0v) is 19.1. The van der Waals surface area contributed by atoms with Crippen molar-refractivity contribution in [1.29, 1.82) is 0 Å². The molecule has 0 bridgehead atoms. The fourth-order valence-electron chi connectivity index (χ4n) is 3.57. The maximum atomic E-state index is 11.9. The second kappa shape index (κ2) is 8.95. The molecule has 34 heavy (non-hydrogen) atoms. The van der Waals surface area contributed by atoms with Crippen molar-refractivity contribution in [3.8, 4) is 22.8 Å². The molecular formula is C24H19ClN6O3.